The van der Waals surface area contributed by atoms with Gasteiger partial charge in [0, 0.05) is 46.1 Å². The average molecular weight is 724 g/mol. The highest BCUT2D eigenvalue weighted by atomic mass is 32.2. The van der Waals surface area contributed by atoms with Crippen LogP contribution in [0.3, 0.4) is 0 Å². The summed E-state index contributed by atoms with van der Waals surface area (Å²) in [6.45, 7) is 10.5. The molecule has 4 unspecified atom stereocenters. The smallest absolute Gasteiger partial charge is 0.237 e. The number of Topliss-reactive ketones (excluding diaryl/α,β-unsaturated/α-hetero) is 1. The molecule has 0 aliphatic carbocycles. The quantitative estimate of drug-likeness (QED) is 0.114. The summed E-state index contributed by atoms with van der Waals surface area (Å²) in [4.78, 5) is 48.2. The fourth-order valence-corrected chi connectivity index (χ4v) is 7.80. The first-order chi connectivity index (χ1) is 24.7. The number of carbonyl (C=O) groups excluding carboxylic acids is 3. The Morgan fingerprint density at radius 3 is 2.29 bits per heavy atom. The molecule has 1 saturated heterocycles. The van der Waals surface area contributed by atoms with E-state index in [0.717, 1.165) is 22.9 Å². The van der Waals surface area contributed by atoms with Crippen molar-refractivity contribution in [3.63, 3.8) is 0 Å². The van der Waals surface area contributed by atoms with Gasteiger partial charge < -0.3 is 21.1 Å². The van der Waals surface area contributed by atoms with Crippen LogP contribution in [0.15, 0.2) is 102 Å². The Hall–Kier alpha value is -4.09. The van der Waals surface area contributed by atoms with Crippen LogP contribution >= 0.6 is 11.8 Å². The molecule has 2 heterocycles. The first-order valence-corrected chi connectivity index (χ1v) is 19.1. The van der Waals surface area contributed by atoms with E-state index >= 15 is 0 Å². The molecule has 52 heavy (non-hydrogen) atoms. The van der Waals surface area contributed by atoms with Gasteiger partial charge in [-0.2, -0.15) is 0 Å². The van der Waals surface area contributed by atoms with Gasteiger partial charge in [0.2, 0.25) is 11.8 Å². The molecule has 1 aliphatic rings. The predicted octanol–water partition coefficient (Wildman–Crippen LogP) is 5.80. The number of aromatic nitrogens is 1. The Balaban J connectivity index is 1.24. The Bertz CT molecular complexity index is 1800. The first kappa shape index (κ1) is 39.1. The molecule has 3 aromatic carbocycles. The third-order valence-corrected chi connectivity index (χ3v) is 10.6. The van der Waals surface area contributed by atoms with E-state index in [2.05, 4.69) is 38.0 Å². The molecule has 0 bridgehead atoms. The Labute approximate surface area is 312 Å². The molecule has 10 heteroatoms. The van der Waals surface area contributed by atoms with Gasteiger partial charge in [0.25, 0.3) is 0 Å². The third-order valence-electron chi connectivity index (χ3n) is 9.26. The maximum atomic E-state index is 13.7. The van der Waals surface area contributed by atoms with Gasteiger partial charge in [-0.15, -0.1) is 11.8 Å². The van der Waals surface area contributed by atoms with Crippen LogP contribution in [0.25, 0.3) is 10.9 Å². The minimum absolute atomic E-state index is 0.0395. The summed E-state index contributed by atoms with van der Waals surface area (Å²) in [7, 11) is 0. The van der Waals surface area contributed by atoms with E-state index in [4.69, 9.17) is 0 Å². The molecule has 1 aliphatic heterocycles. The van der Waals surface area contributed by atoms with Crippen LogP contribution in [0.5, 0.6) is 0 Å². The van der Waals surface area contributed by atoms with Gasteiger partial charge in [0.05, 0.1) is 30.2 Å². The van der Waals surface area contributed by atoms with E-state index in [0.29, 0.717) is 25.1 Å². The number of nitrogens with zero attached hydrogens (tertiary/aromatic N) is 2. The number of rotatable bonds is 15. The number of thioether (sulfide) groups is 1. The molecule has 0 saturated carbocycles. The van der Waals surface area contributed by atoms with Crippen LogP contribution in [-0.4, -0.2) is 86.7 Å². The van der Waals surface area contributed by atoms with E-state index in [1.165, 1.54) is 4.90 Å². The van der Waals surface area contributed by atoms with Crippen LogP contribution in [0.2, 0.25) is 0 Å². The minimum Gasteiger partial charge on any atom is -0.390 e. The molecule has 5 rings (SSSR count). The lowest BCUT2D eigenvalue weighted by atomic mass is 9.95. The fourth-order valence-electron chi connectivity index (χ4n) is 6.60. The molecule has 4 atom stereocenters. The minimum atomic E-state index is -0.944. The number of likely N-dealkylation sites (tertiary alicyclic amines) is 1. The zero-order valence-electron chi connectivity index (χ0n) is 31.0. The van der Waals surface area contributed by atoms with Crippen LogP contribution in [0, 0.1) is 0 Å². The molecule has 4 aromatic rings. The van der Waals surface area contributed by atoms with Crippen molar-refractivity contribution in [2.75, 3.05) is 19.6 Å². The monoisotopic (exact) mass is 723 g/mol. The van der Waals surface area contributed by atoms with Crippen LogP contribution in [0.4, 0.5) is 0 Å². The van der Waals surface area contributed by atoms with Gasteiger partial charge in [0.15, 0.2) is 5.78 Å². The number of aliphatic hydroxyl groups excluding tert-OH is 1. The second kappa shape index (κ2) is 17.6. The predicted molar refractivity (Wildman–Crippen MR) is 209 cm³/mol. The van der Waals surface area contributed by atoms with Crippen molar-refractivity contribution < 1.29 is 19.5 Å². The number of nitrogens with one attached hydrogen (secondary N) is 3. The van der Waals surface area contributed by atoms with E-state index in [9.17, 15) is 19.5 Å². The molecule has 4 N–H and O–H groups in total. The van der Waals surface area contributed by atoms with Crippen molar-refractivity contribution in [1.82, 2.24) is 25.8 Å². The van der Waals surface area contributed by atoms with Crippen LogP contribution < -0.4 is 16.0 Å². The number of amides is 2. The lowest BCUT2D eigenvalue weighted by molar-refractivity contribution is -0.130. The van der Waals surface area contributed by atoms with E-state index in [1.807, 2.05) is 113 Å². The third kappa shape index (κ3) is 11.7. The Morgan fingerprint density at radius 1 is 0.904 bits per heavy atom. The number of fused-ring (bicyclic) bond motifs is 1. The molecule has 1 aromatic heterocycles. The number of piperidine rings is 1. The van der Waals surface area contributed by atoms with Crippen molar-refractivity contribution in [3.05, 3.63) is 108 Å². The first-order valence-electron chi connectivity index (χ1n) is 18.2. The SMILES string of the molecule is CC(C)(C)NC(=O)C1CC(Sc2ccccc2)CCN1CC(O)C(Cc1ccccc1)NC(=O)CNC(C)(C)CC(=O)c1ccc2ccccc2n1. The van der Waals surface area contributed by atoms with E-state index in [1.54, 1.807) is 17.8 Å². The maximum absolute atomic E-state index is 13.7. The standard InChI is InChI=1S/C42H53N5O4S/c1-41(2,3)46-40(51)36-25-32(52-31-17-10-7-11-18-31)22-23-47(36)28-38(49)35(24-29-14-8-6-9-15-29)45-39(50)27-43-42(4,5)26-37(48)34-21-20-30-16-12-13-19-33(30)44-34/h6-21,32,35-36,38,43,49H,22-28H2,1-5H3,(H,45,50)(H,46,51). The summed E-state index contributed by atoms with van der Waals surface area (Å²) < 4.78 is 0. The second-order valence-electron chi connectivity index (χ2n) is 15.5. The van der Waals surface area contributed by atoms with Gasteiger partial charge in [-0.3, -0.25) is 19.3 Å². The number of benzene rings is 3. The number of para-hydroxylation sites is 1. The topological polar surface area (TPSA) is 124 Å². The molecular formula is C42H53N5O4S. The van der Waals surface area contributed by atoms with Gasteiger partial charge in [-0.1, -0.05) is 72.8 Å². The average Bonchev–Trinajstić information content (AvgIpc) is 3.11. The summed E-state index contributed by atoms with van der Waals surface area (Å²) in [5.41, 5.74) is 1.04. The molecule has 9 nitrogen and oxygen atoms in total. The van der Waals surface area contributed by atoms with Crippen molar-refractivity contribution in [1.29, 1.82) is 0 Å². The van der Waals surface area contributed by atoms with Gasteiger partial charge >= 0.3 is 0 Å². The van der Waals surface area contributed by atoms with E-state index in [-0.39, 0.29) is 42.4 Å². The van der Waals surface area contributed by atoms with Crippen molar-refractivity contribution in [3.8, 4) is 0 Å². The van der Waals surface area contributed by atoms with Crippen LogP contribution in [0.1, 0.15) is 69.9 Å². The largest absolute Gasteiger partial charge is 0.390 e. The highest BCUT2D eigenvalue weighted by Crippen LogP contribution is 2.33. The number of aliphatic hydroxyl groups is 1. The summed E-state index contributed by atoms with van der Waals surface area (Å²) >= 11 is 1.79. The van der Waals surface area contributed by atoms with Gasteiger partial charge in [-0.05, 0) is 83.7 Å². The number of hydrogen-bond acceptors (Lipinski definition) is 8. The van der Waals surface area contributed by atoms with Crippen molar-refractivity contribution in [2.45, 2.75) is 99.7 Å². The van der Waals surface area contributed by atoms with E-state index < -0.39 is 29.3 Å². The highest BCUT2D eigenvalue weighted by Gasteiger charge is 2.37. The second-order valence-corrected chi connectivity index (χ2v) is 16.9. The normalized spacial score (nSPS) is 18.0. The highest BCUT2D eigenvalue weighted by molar-refractivity contribution is 8.00. The van der Waals surface area contributed by atoms with Crippen LogP contribution in [-0.2, 0) is 16.0 Å². The number of hydrogen-bond donors (Lipinski definition) is 4. The number of ketones is 1. The number of β-amino-alcohol motifs (C(OH)–C–C–N with tert-alkyl or cyclic N) is 1. The Kier molecular flexibility index (Phi) is 13.3. The molecular weight excluding hydrogens is 671 g/mol. The summed E-state index contributed by atoms with van der Waals surface area (Å²) in [5.74, 6) is -0.456. The molecule has 0 spiro atoms. The molecule has 0 radical (unpaired) electrons. The molecule has 276 valence electrons. The molecule has 1 fully saturated rings. The summed E-state index contributed by atoms with van der Waals surface area (Å²) in [5, 5.41) is 22.5. The van der Waals surface area contributed by atoms with Crippen molar-refractivity contribution in [2.24, 2.45) is 0 Å². The number of carbonyl (C=O) groups is 3. The lowest BCUT2D eigenvalue weighted by Gasteiger charge is -2.41. The fraction of sp³-hybridized carbons (Fsp3) is 0.429. The van der Waals surface area contributed by atoms with Gasteiger partial charge in [0.1, 0.15) is 5.69 Å². The maximum Gasteiger partial charge on any atom is 0.237 e. The molecule has 2 amide bonds. The lowest BCUT2D eigenvalue weighted by Crippen LogP contribution is -2.59. The Morgan fingerprint density at radius 2 is 1.58 bits per heavy atom. The zero-order chi connectivity index (χ0) is 37.3. The van der Waals surface area contributed by atoms with Gasteiger partial charge in [-0.25, -0.2) is 4.98 Å². The summed E-state index contributed by atoms with van der Waals surface area (Å²) in [6.07, 6.45) is 1.14. The zero-order valence-corrected chi connectivity index (χ0v) is 31.8. The van der Waals surface area contributed by atoms with Crippen molar-refractivity contribution >= 4 is 40.3 Å². The summed E-state index contributed by atoms with van der Waals surface area (Å²) in [6, 6.07) is 30.3. The number of pyridine rings is 1.